The summed E-state index contributed by atoms with van der Waals surface area (Å²) in [6, 6.07) is 4.02. The van der Waals surface area contributed by atoms with Gasteiger partial charge in [-0.15, -0.1) is 0 Å². The summed E-state index contributed by atoms with van der Waals surface area (Å²) in [5.41, 5.74) is -1.15. The second kappa shape index (κ2) is 10.8. The molecule has 4 nitrogen and oxygen atoms in total. The van der Waals surface area contributed by atoms with Crippen molar-refractivity contribution >= 4 is 23.2 Å². The fraction of sp³-hybridized carbons (Fsp3) is 0.741. The Hall–Kier alpha value is -1.24. The second-order valence-corrected chi connectivity index (χ2v) is 11.7. The molecule has 2 saturated heterocycles. The first kappa shape index (κ1) is 25.8. The van der Waals surface area contributed by atoms with Crippen molar-refractivity contribution in [2.75, 3.05) is 37.7 Å². The first-order valence-corrected chi connectivity index (χ1v) is 13.3. The minimum Gasteiger partial charge on any atom is -0.376 e. The summed E-state index contributed by atoms with van der Waals surface area (Å²) in [6.45, 7) is 7.37. The van der Waals surface area contributed by atoms with Crippen molar-refractivity contribution in [2.24, 2.45) is 11.8 Å². The van der Waals surface area contributed by atoms with Gasteiger partial charge in [0.15, 0.2) is 0 Å². The van der Waals surface area contributed by atoms with Gasteiger partial charge in [0.2, 0.25) is 5.91 Å². The van der Waals surface area contributed by atoms with Crippen LogP contribution in [0.25, 0.3) is 0 Å². The lowest BCUT2D eigenvalue weighted by molar-refractivity contribution is -0.124. The van der Waals surface area contributed by atoms with Crippen molar-refractivity contribution < 1.29 is 18.3 Å². The molecule has 1 unspecified atom stereocenters. The highest BCUT2D eigenvalue weighted by Gasteiger charge is 2.40. The average molecular weight is 497 g/mol. The van der Waals surface area contributed by atoms with Gasteiger partial charge in [-0.25, -0.2) is 8.78 Å². The highest BCUT2D eigenvalue weighted by molar-refractivity contribution is 6.33. The predicted octanol–water partition coefficient (Wildman–Crippen LogP) is 6.40. The van der Waals surface area contributed by atoms with Crippen LogP contribution < -0.4 is 4.90 Å². The van der Waals surface area contributed by atoms with Crippen molar-refractivity contribution in [3.63, 3.8) is 0 Å². The highest BCUT2D eigenvalue weighted by atomic mass is 35.5. The van der Waals surface area contributed by atoms with Crippen molar-refractivity contribution in [1.29, 1.82) is 0 Å². The molecule has 3 fully saturated rings. The Morgan fingerprint density at radius 1 is 1.18 bits per heavy atom. The number of ether oxygens (including phenoxy) is 1. The molecule has 0 aromatic heterocycles. The SMILES string of the molecule is CC1(C)CC(CN2CCC(F)(CN(C(=O)C3CCCCC3)c3ccc(F)cc3Cl)CC2)CCO1. The third kappa shape index (κ3) is 6.50. The van der Waals surface area contributed by atoms with Crippen LogP contribution in [0.3, 0.4) is 0 Å². The van der Waals surface area contributed by atoms with Crippen LogP contribution in [0, 0.1) is 17.7 Å². The van der Waals surface area contributed by atoms with Crippen LogP contribution in [0.5, 0.6) is 0 Å². The molecule has 0 bridgehead atoms. The number of piperidine rings is 1. The molecule has 0 spiro atoms. The molecule has 2 aliphatic heterocycles. The van der Waals surface area contributed by atoms with Crippen LogP contribution in [0.2, 0.25) is 5.02 Å². The molecule has 1 atom stereocenters. The number of likely N-dealkylation sites (tertiary alicyclic amines) is 1. The van der Waals surface area contributed by atoms with E-state index >= 15 is 4.39 Å². The lowest BCUT2D eigenvalue weighted by atomic mass is 9.86. The summed E-state index contributed by atoms with van der Waals surface area (Å²) in [5.74, 6) is -0.0795. The fourth-order valence-electron chi connectivity index (χ4n) is 6.01. The molecular weight excluding hydrogens is 458 g/mol. The van der Waals surface area contributed by atoms with Crippen LogP contribution in [0.1, 0.15) is 71.6 Å². The monoisotopic (exact) mass is 496 g/mol. The van der Waals surface area contributed by atoms with E-state index in [1.807, 2.05) is 0 Å². The number of hydrogen-bond donors (Lipinski definition) is 0. The van der Waals surface area contributed by atoms with Gasteiger partial charge in [0.1, 0.15) is 11.5 Å². The van der Waals surface area contributed by atoms with Gasteiger partial charge in [-0.05, 0) is 76.5 Å². The lowest BCUT2D eigenvalue weighted by Gasteiger charge is -2.43. The van der Waals surface area contributed by atoms with Crippen LogP contribution >= 0.6 is 11.6 Å². The molecule has 1 aromatic rings. The maximum atomic E-state index is 16.2. The Bertz CT molecular complexity index is 851. The Balaban J connectivity index is 1.43. The van der Waals surface area contributed by atoms with Gasteiger partial charge in [-0.3, -0.25) is 4.79 Å². The summed E-state index contributed by atoms with van der Waals surface area (Å²) in [7, 11) is 0. The number of rotatable bonds is 6. The number of carbonyl (C=O) groups excluding carboxylic acids is 1. The van der Waals surface area contributed by atoms with Gasteiger partial charge in [0.25, 0.3) is 0 Å². The van der Waals surface area contributed by atoms with E-state index in [1.54, 1.807) is 0 Å². The van der Waals surface area contributed by atoms with E-state index in [0.29, 0.717) is 37.5 Å². The van der Waals surface area contributed by atoms with E-state index in [0.717, 1.165) is 58.1 Å². The maximum absolute atomic E-state index is 16.2. The summed E-state index contributed by atoms with van der Waals surface area (Å²) < 4.78 is 35.7. The Morgan fingerprint density at radius 3 is 2.53 bits per heavy atom. The first-order chi connectivity index (χ1) is 16.1. The van der Waals surface area contributed by atoms with E-state index < -0.39 is 11.5 Å². The van der Waals surface area contributed by atoms with Gasteiger partial charge in [-0.2, -0.15) is 0 Å². The zero-order valence-electron chi connectivity index (χ0n) is 20.6. The third-order valence-corrected chi connectivity index (χ3v) is 8.23. The number of carbonyl (C=O) groups is 1. The molecule has 7 heteroatoms. The molecule has 1 aliphatic carbocycles. The van der Waals surface area contributed by atoms with Crippen molar-refractivity contribution in [3.8, 4) is 0 Å². The molecule has 4 rings (SSSR count). The number of anilines is 1. The van der Waals surface area contributed by atoms with Crippen LogP contribution in [0.4, 0.5) is 14.5 Å². The largest absolute Gasteiger partial charge is 0.376 e. The third-order valence-electron chi connectivity index (χ3n) is 7.93. The van der Waals surface area contributed by atoms with Crippen molar-refractivity contribution in [1.82, 2.24) is 4.90 Å². The molecular formula is C27H39ClF2N2O2. The molecule has 190 valence electrons. The number of benzene rings is 1. The van der Waals surface area contributed by atoms with Gasteiger partial charge >= 0.3 is 0 Å². The van der Waals surface area contributed by atoms with Crippen molar-refractivity contribution in [2.45, 2.75) is 82.9 Å². The number of alkyl halides is 1. The molecule has 34 heavy (non-hydrogen) atoms. The molecule has 1 amide bonds. The molecule has 1 aromatic carbocycles. The van der Waals surface area contributed by atoms with Crippen LogP contribution in [0.15, 0.2) is 18.2 Å². The summed E-state index contributed by atoms with van der Waals surface area (Å²) in [5, 5.41) is 0.160. The molecule has 0 N–H and O–H groups in total. The Labute approximate surface area is 208 Å². The van der Waals surface area contributed by atoms with E-state index in [-0.39, 0.29) is 29.0 Å². The quantitative estimate of drug-likeness (QED) is 0.456. The summed E-state index contributed by atoms with van der Waals surface area (Å²) in [6.07, 6.45) is 7.64. The smallest absolute Gasteiger partial charge is 0.230 e. The topological polar surface area (TPSA) is 32.8 Å². The minimum absolute atomic E-state index is 0.0220. The summed E-state index contributed by atoms with van der Waals surface area (Å²) in [4.78, 5) is 17.4. The first-order valence-electron chi connectivity index (χ1n) is 13.0. The van der Waals surface area contributed by atoms with Gasteiger partial charge in [0.05, 0.1) is 22.9 Å². The molecule has 0 radical (unpaired) electrons. The summed E-state index contributed by atoms with van der Waals surface area (Å²) >= 11 is 6.35. The van der Waals surface area contributed by atoms with Crippen LogP contribution in [-0.4, -0.2) is 54.9 Å². The standard InChI is InChI=1S/C27H39ClF2N2O2/c1-26(2)17-20(10-15-34-26)18-31-13-11-27(30,12-14-31)19-32(24-9-8-22(29)16-23(24)28)25(33)21-6-4-3-5-7-21/h8-9,16,20-21H,3-7,10-15,17-19H2,1-2H3. The number of nitrogens with zero attached hydrogens (tertiary/aromatic N) is 2. The lowest BCUT2D eigenvalue weighted by Crippen LogP contribution is -2.52. The van der Waals surface area contributed by atoms with Crippen molar-refractivity contribution in [3.05, 3.63) is 29.0 Å². The second-order valence-electron chi connectivity index (χ2n) is 11.3. The van der Waals surface area contributed by atoms with Crippen LogP contribution in [-0.2, 0) is 9.53 Å². The zero-order valence-corrected chi connectivity index (χ0v) is 21.4. The Kier molecular flexibility index (Phi) is 8.20. The average Bonchev–Trinajstić information content (AvgIpc) is 2.79. The minimum atomic E-state index is -1.48. The van der Waals surface area contributed by atoms with Gasteiger partial charge < -0.3 is 14.5 Å². The predicted molar refractivity (Wildman–Crippen MR) is 133 cm³/mol. The normalized spacial score (nSPS) is 25.7. The van der Waals surface area contributed by atoms with E-state index in [2.05, 4.69) is 18.7 Å². The number of halogens is 3. The number of hydrogen-bond acceptors (Lipinski definition) is 3. The van der Waals surface area contributed by atoms with E-state index in [9.17, 15) is 9.18 Å². The number of amides is 1. The fourth-order valence-corrected chi connectivity index (χ4v) is 6.28. The van der Waals surface area contributed by atoms with E-state index in [4.69, 9.17) is 16.3 Å². The maximum Gasteiger partial charge on any atom is 0.230 e. The molecule has 2 heterocycles. The Morgan fingerprint density at radius 2 is 1.88 bits per heavy atom. The zero-order chi connectivity index (χ0) is 24.3. The van der Waals surface area contributed by atoms with E-state index in [1.165, 1.54) is 23.1 Å². The molecule has 1 saturated carbocycles. The molecule has 3 aliphatic rings. The van der Waals surface area contributed by atoms with Gasteiger partial charge in [-0.1, -0.05) is 30.9 Å². The highest BCUT2D eigenvalue weighted by Crippen LogP contribution is 2.37. The van der Waals surface area contributed by atoms with Gasteiger partial charge in [0, 0.05) is 32.2 Å².